The first kappa shape index (κ1) is 13.7. The van der Waals surface area contributed by atoms with Crippen molar-refractivity contribution in [1.29, 1.82) is 0 Å². The summed E-state index contributed by atoms with van der Waals surface area (Å²) in [5.74, 6) is -0.122. The standard InChI is InChI=1S/C11H23NO3Si/c1-5-14-11(13)10(3)12-8-7-9-16(12,4)15-6-2/h10H,5-9H2,1-4H3. The highest BCUT2D eigenvalue weighted by Crippen LogP contribution is 2.29. The molecule has 5 heteroatoms. The van der Waals surface area contributed by atoms with E-state index in [0.717, 1.165) is 25.6 Å². The number of hydrogen-bond donors (Lipinski definition) is 0. The molecule has 4 nitrogen and oxygen atoms in total. The average Bonchev–Trinajstić information content (AvgIpc) is 2.60. The molecule has 0 aromatic rings. The van der Waals surface area contributed by atoms with Crippen molar-refractivity contribution >= 4 is 14.4 Å². The number of nitrogens with zero attached hydrogens (tertiary/aromatic N) is 1. The van der Waals surface area contributed by atoms with Gasteiger partial charge < -0.3 is 9.16 Å². The van der Waals surface area contributed by atoms with Crippen molar-refractivity contribution in [3.05, 3.63) is 0 Å². The van der Waals surface area contributed by atoms with Crippen molar-refractivity contribution in [3.8, 4) is 0 Å². The first-order valence-corrected chi connectivity index (χ1v) is 8.68. The van der Waals surface area contributed by atoms with Crippen molar-refractivity contribution in [3.63, 3.8) is 0 Å². The second kappa shape index (κ2) is 5.79. The van der Waals surface area contributed by atoms with Gasteiger partial charge in [-0.15, -0.1) is 0 Å². The van der Waals surface area contributed by atoms with E-state index in [2.05, 4.69) is 11.1 Å². The van der Waals surface area contributed by atoms with Crippen LogP contribution in [0.15, 0.2) is 0 Å². The van der Waals surface area contributed by atoms with Crippen LogP contribution < -0.4 is 0 Å². The number of ether oxygens (including phenoxy) is 1. The van der Waals surface area contributed by atoms with Crippen LogP contribution in [0.3, 0.4) is 0 Å². The van der Waals surface area contributed by atoms with E-state index < -0.39 is 8.48 Å². The van der Waals surface area contributed by atoms with Crippen molar-refractivity contribution in [2.24, 2.45) is 0 Å². The molecule has 0 bridgehead atoms. The fraction of sp³-hybridized carbons (Fsp3) is 0.909. The predicted molar refractivity (Wildman–Crippen MR) is 65.5 cm³/mol. The molecule has 0 saturated carbocycles. The number of hydrogen-bond acceptors (Lipinski definition) is 4. The van der Waals surface area contributed by atoms with E-state index in [9.17, 15) is 4.79 Å². The molecule has 0 aliphatic carbocycles. The van der Waals surface area contributed by atoms with Crippen LogP contribution in [0.4, 0.5) is 0 Å². The topological polar surface area (TPSA) is 38.8 Å². The molecule has 1 aliphatic rings. The van der Waals surface area contributed by atoms with Gasteiger partial charge in [0, 0.05) is 6.61 Å². The van der Waals surface area contributed by atoms with E-state index in [1.165, 1.54) is 0 Å². The minimum atomic E-state index is -1.84. The SMILES string of the molecule is CCOC(=O)C(C)N1CCC[Si]1(C)OCC. The molecule has 1 saturated heterocycles. The summed E-state index contributed by atoms with van der Waals surface area (Å²) in [5, 5.41) is 0. The third-order valence-corrected chi connectivity index (χ3v) is 7.22. The van der Waals surface area contributed by atoms with Crippen molar-refractivity contribution in [1.82, 2.24) is 4.57 Å². The molecule has 0 aromatic heterocycles. The van der Waals surface area contributed by atoms with Crippen LogP contribution in [0.1, 0.15) is 27.2 Å². The van der Waals surface area contributed by atoms with Gasteiger partial charge in [0.15, 0.2) is 0 Å². The molecule has 2 atom stereocenters. The van der Waals surface area contributed by atoms with Crippen LogP contribution in [0.2, 0.25) is 12.6 Å². The van der Waals surface area contributed by atoms with E-state index in [4.69, 9.17) is 9.16 Å². The van der Waals surface area contributed by atoms with Crippen molar-refractivity contribution in [2.75, 3.05) is 19.8 Å². The molecule has 1 rings (SSSR count). The van der Waals surface area contributed by atoms with Gasteiger partial charge in [-0.3, -0.25) is 9.36 Å². The van der Waals surface area contributed by atoms with Crippen molar-refractivity contribution in [2.45, 2.75) is 45.8 Å². The molecular formula is C11H23NO3Si. The lowest BCUT2D eigenvalue weighted by Gasteiger charge is -2.35. The Bertz CT molecular complexity index is 249. The summed E-state index contributed by atoms with van der Waals surface area (Å²) in [5.41, 5.74) is 0. The zero-order valence-electron chi connectivity index (χ0n) is 10.8. The summed E-state index contributed by atoms with van der Waals surface area (Å²) in [6.07, 6.45) is 1.13. The molecule has 0 radical (unpaired) electrons. The Morgan fingerprint density at radius 3 is 2.69 bits per heavy atom. The monoisotopic (exact) mass is 245 g/mol. The van der Waals surface area contributed by atoms with Gasteiger partial charge in [0.1, 0.15) is 6.04 Å². The zero-order valence-corrected chi connectivity index (χ0v) is 11.8. The van der Waals surface area contributed by atoms with Crippen LogP contribution in [-0.2, 0) is 14.0 Å². The van der Waals surface area contributed by atoms with Gasteiger partial charge in [-0.25, -0.2) is 0 Å². The lowest BCUT2D eigenvalue weighted by atomic mass is 10.3. The van der Waals surface area contributed by atoms with E-state index in [-0.39, 0.29) is 12.0 Å². The number of rotatable bonds is 5. The molecule has 0 amide bonds. The molecule has 0 aromatic carbocycles. The van der Waals surface area contributed by atoms with Gasteiger partial charge in [-0.05, 0) is 46.3 Å². The van der Waals surface area contributed by atoms with E-state index in [1.54, 1.807) is 0 Å². The summed E-state index contributed by atoms with van der Waals surface area (Å²) >= 11 is 0. The molecular weight excluding hydrogens is 222 g/mol. The molecule has 1 aliphatic heterocycles. The molecule has 2 unspecified atom stereocenters. The first-order valence-electron chi connectivity index (χ1n) is 6.12. The first-order chi connectivity index (χ1) is 7.55. The Kier molecular flexibility index (Phi) is 4.95. The highest BCUT2D eigenvalue weighted by Gasteiger charge is 2.45. The quantitative estimate of drug-likeness (QED) is 0.546. The van der Waals surface area contributed by atoms with Crippen LogP contribution in [0.5, 0.6) is 0 Å². The van der Waals surface area contributed by atoms with E-state index >= 15 is 0 Å². The summed E-state index contributed by atoms with van der Waals surface area (Å²) in [6.45, 7) is 10.1. The fourth-order valence-corrected chi connectivity index (χ4v) is 6.01. The second-order valence-corrected chi connectivity index (χ2v) is 8.05. The van der Waals surface area contributed by atoms with Crippen LogP contribution in [0, 0.1) is 0 Å². The Labute approximate surface area is 99.1 Å². The average molecular weight is 245 g/mol. The van der Waals surface area contributed by atoms with Gasteiger partial charge in [0.2, 0.25) is 0 Å². The normalized spacial score (nSPS) is 28.0. The maximum Gasteiger partial charge on any atom is 0.322 e. The van der Waals surface area contributed by atoms with Gasteiger partial charge in [-0.2, -0.15) is 0 Å². The summed E-state index contributed by atoms with van der Waals surface area (Å²) in [7, 11) is -1.84. The van der Waals surface area contributed by atoms with Gasteiger partial charge in [-0.1, -0.05) is 0 Å². The minimum absolute atomic E-state index is 0.122. The largest absolute Gasteiger partial charge is 0.465 e. The summed E-state index contributed by atoms with van der Waals surface area (Å²) in [4.78, 5) is 11.7. The summed E-state index contributed by atoms with van der Waals surface area (Å²) < 4.78 is 13.2. The number of esters is 1. The number of carbonyl (C=O) groups excluding carboxylic acids is 1. The predicted octanol–water partition coefficient (Wildman–Crippen LogP) is 1.75. The third kappa shape index (κ3) is 2.84. The fourth-order valence-electron chi connectivity index (χ4n) is 2.42. The van der Waals surface area contributed by atoms with Gasteiger partial charge in [0.25, 0.3) is 8.48 Å². The molecule has 0 spiro atoms. The molecule has 1 heterocycles. The minimum Gasteiger partial charge on any atom is -0.465 e. The van der Waals surface area contributed by atoms with E-state index in [1.807, 2.05) is 20.8 Å². The van der Waals surface area contributed by atoms with Crippen LogP contribution in [0.25, 0.3) is 0 Å². The Morgan fingerprint density at radius 1 is 1.44 bits per heavy atom. The molecule has 94 valence electrons. The molecule has 0 N–H and O–H groups in total. The van der Waals surface area contributed by atoms with E-state index in [0.29, 0.717) is 6.61 Å². The van der Waals surface area contributed by atoms with Crippen LogP contribution >= 0.6 is 0 Å². The summed E-state index contributed by atoms with van der Waals surface area (Å²) in [6, 6.07) is 0.954. The lowest BCUT2D eigenvalue weighted by molar-refractivity contribution is -0.147. The van der Waals surface area contributed by atoms with Crippen molar-refractivity contribution < 1.29 is 14.0 Å². The molecule has 1 fully saturated rings. The third-order valence-electron chi connectivity index (χ3n) is 3.20. The zero-order chi connectivity index (χ0) is 12.2. The second-order valence-electron chi connectivity index (χ2n) is 4.33. The highest BCUT2D eigenvalue weighted by molar-refractivity contribution is 6.70. The lowest BCUT2D eigenvalue weighted by Crippen LogP contribution is -2.55. The maximum absolute atomic E-state index is 11.7. The van der Waals surface area contributed by atoms with Gasteiger partial charge >= 0.3 is 5.97 Å². The Hall–Kier alpha value is -0.393. The highest BCUT2D eigenvalue weighted by atomic mass is 28.4. The van der Waals surface area contributed by atoms with Crippen LogP contribution in [-0.4, -0.2) is 44.8 Å². The number of carbonyl (C=O) groups is 1. The Balaban J connectivity index is 2.67. The Morgan fingerprint density at radius 2 is 2.12 bits per heavy atom. The van der Waals surface area contributed by atoms with Gasteiger partial charge in [0.05, 0.1) is 6.61 Å². The molecule has 16 heavy (non-hydrogen) atoms. The smallest absolute Gasteiger partial charge is 0.322 e. The maximum atomic E-state index is 11.7.